The normalized spacial score (nSPS) is 18.8. The number of benzene rings is 1. The maximum absolute atomic E-state index is 12.8. The molecule has 0 spiro atoms. The quantitative estimate of drug-likeness (QED) is 0.690. The number of likely N-dealkylation sites (tertiary alicyclic amines) is 1. The van der Waals surface area contributed by atoms with Crippen LogP contribution in [0.4, 0.5) is 11.5 Å². The van der Waals surface area contributed by atoms with Crippen LogP contribution in [0.2, 0.25) is 10.0 Å². The van der Waals surface area contributed by atoms with Crippen molar-refractivity contribution in [1.82, 2.24) is 9.88 Å². The second-order valence-corrected chi connectivity index (χ2v) is 9.56. The molecule has 0 aliphatic carbocycles. The van der Waals surface area contributed by atoms with Gasteiger partial charge in [-0.2, -0.15) is 0 Å². The highest BCUT2D eigenvalue weighted by Gasteiger charge is 2.33. The minimum absolute atomic E-state index is 0.0803. The number of fused-ring (bicyclic) bond motifs is 1. The minimum Gasteiger partial charge on any atom is -0.343 e. The second kappa shape index (κ2) is 9.46. The van der Waals surface area contributed by atoms with Crippen LogP contribution in [0.3, 0.4) is 0 Å². The van der Waals surface area contributed by atoms with E-state index in [0.717, 1.165) is 4.90 Å². The summed E-state index contributed by atoms with van der Waals surface area (Å²) >= 11 is 13.2. The van der Waals surface area contributed by atoms with E-state index in [9.17, 15) is 14.4 Å². The number of rotatable bonds is 4. The Morgan fingerprint density at radius 3 is 2.61 bits per heavy atom. The Bertz CT molecular complexity index is 1010. The van der Waals surface area contributed by atoms with Gasteiger partial charge in [-0.05, 0) is 43.2 Å². The number of piperidine rings is 1. The lowest BCUT2D eigenvalue weighted by atomic mass is 9.95. The van der Waals surface area contributed by atoms with Crippen molar-refractivity contribution in [2.45, 2.75) is 29.4 Å². The van der Waals surface area contributed by atoms with Crippen LogP contribution in [0, 0.1) is 5.92 Å². The number of carbonyl (C=O) groups is 3. The molecule has 1 saturated heterocycles. The molecular formula is C21H20Cl2N4O3S. The van der Waals surface area contributed by atoms with Crippen molar-refractivity contribution in [3.05, 3.63) is 46.6 Å². The van der Waals surface area contributed by atoms with E-state index in [-0.39, 0.29) is 30.1 Å². The van der Waals surface area contributed by atoms with E-state index in [1.807, 2.05) is 6.07 Å². The molecule has 1 unspecified atom stereocenters. The lowest BCUT2D eigenvalue weighted by Crippen LogP contribution is -2.43. The van der Waals surface area contributed by atoms with Crippen molar-refractivity contribution in [2.24, 2.45) is 5.92 Å². The Labute approximate surface area is 193 Å². The summed E-state index contributed by atoms with van der Waals surface area (Å²) in [5.74, 6) is -0.124. The molecule has 2 N–H and O–H groups in total. The number of hydrogen-bond donors (Lipinski definition) is 2. The molecule has 2 aliphatic rings. The number of aromatic nitrogens is 1. The summed E-state index contributed by atoms with van der Waals surface area (Å²) in [6, 6.07) is 8.63. The van der Waals surface area contributed by atoms with Gasteiger partial charge in [0.2, 0.25) is 17.7 Å². The molecule has 2 aliphatic heterocycles. The third kappa shape index (κ3) is 5.31. The van der Waals surface area contributed by atoms with Crippen LogP contribution in [-0.2, 0) is 14.4 Å². The zero-order valence-electron chi connectivity index (χ0n) is 16.4. The molecule has 0 bridgehead atoms. The molecule has 162 valence electrons. The highest BCUT2D eigenvalue weighted by molar-refractivity contribution is 8.01. The number of anilines is 2. The van der Waals surface area contributed by atoms with Crippen LogP contribution in [0.5, 0.6) is 0 Å². The third-order valence-electron chi connectivity index (χ3n) is 5.32. The number of hydrogen-bond acceptors (Lipinski definition) is 5. The van der Waals surface area contributed by atoms with E-state index in [2.05, 4.69) is 15.6 Å². The minimum atomic E-state index is -0.488. The van der Waals surface area contributed by atoms with Crippen molar-refractivity contribution >= 4 is 64.2 Å². The number of amides is 3. The topological polar surface area (TPSA) is 91.4 Å². The molecular weight excluding hydrogens is 459 g/mol. The van der Waals surface area contributed by atoms with E-state index < -0.39 is 5.25 Å². The predicted molar refractivity (Wildman–Crippen MR) is 122 cm³/mol. The van der Waals surface area contributed by atoms with Gasteiger partial charge in [0.25, 0.3) is 0 Å². The molecule has 1 fully saturated rings. The van der Waals surface area contributed by atoms with Crippen LogP contribution < -0.4 is 10.6 Å². The molecule has 3 amide bonds. The van der Waals surface area contributed by atoms with Gasteiger partial charge in [0.15, 0.2) is 0 Å². The molecule has 4 rings (SSSR count). The number of thioether (sulfide) groups is 1. The number of nitrogens with zero attached hydrogens (tertiary/aromatic N) is 2. The lowest BCUT2D eigenvalue weighted by molar-refractivity contribution is -0.135. The van der Waals surface area contributed by atoms with Gasteiger partial charge in [-0.25, -0.2) is 4.98 Å². The Hall–Kier alpha value is -2.29. The fourth-order valence-electron chi connectivity index (χ4n) is 3.61. The smallest absolute Gasteiger partial charge is 0.238 e. The highest BCUT2D eigenvalue weighted by Crippen LogP contribution is 2.38. The van der Waals surface area contributed by atoms with Gasteiger partial charge in [0.05, 0.1) is 16.0 Å². The van der Waals surface area contributed by atoms with Crippen molar-refractivity contribution in [1.29, 1.82) is 0 Å². The fourth-order valence-corrected chi connectivity index (χ4v) is 4.98. The summed E-state index contributed by atoms with van der Waals surface area (Å²) in [6.07, 6.45) is 2.72. The van der Waals surface area contributed by atoms with Crippen molar-refractivity contribution in [2.75, 3.05) is 23.7 Å². The molecule has 0 radical (unpaired) electrons. The van der Waals surface area contributed by atoms with Crippen molar-refractivity contribution in [3.8, 4) is 0 Å². The largest absolute Gasteiger partial charge is 0.343 e. The molecule has 10 heteroatoms. The summed E-state index contributed by atoms with van der Waals surface area (Å²) in [5, 5.41) is 6.18. The SMILES string of the molecule is O=C(Nc1ccc(Cl)cn1)C1CCN(C(=O)CC2Sc3ccc(Cl)cc3NC2=O)CC1. The van der Waals surface area contributed by atoms with E-state index in [4.69, 9.17) is 23.2 Å². The number of pyridine rings is 1. The van der Waals surface area contributed by atoms with Crippen LogP contribution in [0.1, 0.15) is 19.3 Å². The molecule has 1 atom stereocenters. The van der Waals surface area contributed by atoms with Crippen LogP contribution in [0.15, 0.2) is 41.4 Å². The van der Waals surface area contributed by atoms with Gasteiger partial charge in [-0.15, -0.1) is 11.8 Å². The first-order valence-electron chi connectivity index (χ1n) is 9.86. The summed E-state index contributed by atoms with van der Waals surface area (Å²) in [7, 11) is 0. The molecule has 31 heavy (non-hydrogen) atoms. The van der Waals surface area contributed by atoms with Gasteiger partial charge in [0.1, 0.15) is 5.82 Å². The summed E-state index contributed by atoms with van der Waals surface area (Å²) in [5.41, 5.74) is 0.674. The standard InChI is InChI=1S/C21H20Cl2N4O3S/c22-13-1-3-16-15(9-13)25-21(30)17(31-16)10-19(28)27-7-5-12(6-8-27)20(29)26-18-4-2-14(23)11-24-18/h1-4,9,11-12,17H,5-8,10H2,(H,25,30)(H,24,26,29). The summed E-state index contributed by atoms with van der Waals surface area (Å²) < 4.78 is 0. The first kappa shape index (κ1) is 21.9. The van der Waals surface area contributed by atoms with Crippen LogP contribution in [-0.4, -0.2) is 45.9 Å². The fraction of sp³-hybridized carbons (Fsp3) is 0.333. The van der Waals surface area contributed by atoms with Gasteiger partial charge in [-0.1, -0.05) is 23.2 Å². The number of halogens is 2. The maximum atomic E-state index is 12.8. The molecule has 1 aromatic carbocycles. The Morgan fingerprint density at radius 2 is 1.90 bits per heavy atom. The lowest BCUT2D eigenvalue weighted by Gasteiger charge is -2.32. The van der Waals surface area contributed by atoms with Gasteiger partial charge in [-0.3, -0.25) is 14.4 Å². The van der Waals surface area contributed by atoms with Gasteiger partial charge >= 0.3 is 0 Å². The highest BCUT2D eigenvalue weighted by atomic mass is 35.5. The maximum Gasteiger partial charge on any atom is 0.238 e. The molecule has 1 aromatic heterocycles. The molecule has 7 nitrogen and oxygen atoms in total. The predicted octanol–water partition coefficient (Wildman–Crippen LogP) is 4.07. The number of nitrogens with one attached hydrogen (secondary N) is 2. The zero-order valence-corrected chi connectivity index (χ0v) is 18.8. The Morgan fingerprint density at radius 1 is 1.16 bits per heavy atom. The van der Waals surface area contributed by atoms with E-state index >= 15 is 0 Å². The van der Waals surface area contributed by atoms with E-state index in [1.165, 1.54) is 18.0 Å². The Kier molecular flexibility index (Phi) is 6.69. The summed E-state index contributed by atoms with van der Waals surface area (Å²) in [4.78, 5) is 44.4. The van der Waals surface area contributed by atoms with Crippen LogP contribution in [0.25, 0.3) is 0 Å². The monoisotopic (exact) mass is 478 g/mol. The molecule has 0 saturated carbocycles. The zero-order chi connectivity index (χ0) is 22.0. The molecule has 2 aromatic rings. The average molecular weight is 479 g/mol. The Balaban J connectivity index is 1.28. The van der Waals surface area contributed by atoms with Gasteiger partial charge < -0.3 is 15.5 Å². The van der Waals surface area contributed by atoms with E-state index in [1.54, 1.807) is 29.2 Å². The van der Waals surface area contributed by atoms with Crippen molar-refractivity contribution < 1.29 is 14.4 Å². The third-order valence-corrected chi connectivity index (χ3v) is 7.05. The average Bonchev–Trinajstić information content (AvgIpc) is 2.76. The molecule has 3 heterocycles. The number of carbonyl (C=O) groups excluding carboxylic acids is 3. The summed E-state index contributed by atoms with van der Waals surface area (Å²) in [6.45, 7) is 0.965. The van der Waals surface area contributed by atoms with Crippen molar-refractivity contribution in [3.63, 3.8) is 0 Å². The van der Waals surface area contributed by atoms with Gasteiger partial charge in [0, 0.05) is 41.5 Å². The van der Waals surface area contributed by atoms with Crippen LogP contribution >= 0.6 is 35.0 Å². The second-order valence-electron chi connectivity index (χ2n) is 7.45. The van der Waals surface area contributed by atoms with E-state index in [0.29, 0.717) is 47.5 Å². The first-order valence-corrected chi connectivity index (χ1v) is 11.5. The first-order chi connectivity index (χ1) is 14.9.